The quantitative estimate of drug-likeness (QED) is 0.487. The first-order valence-corrected chi connectivity index (χ1v) is 2.74. The lowest BCUT2D eigenvalue weighted by atomic mass is 10.4. The normalized spacial score (nSPS) is 20.3. The molecule has 1 fully saturated rings. The molecule has 0 atom stereocenters. The summed E-state index contributed by atoms with van der Waals surface area (Å²) in [5.41, 5.74) is 0. The maximum Gasteiger partial charge on any atom is 0.234 e. The zero-order chi connectivity index (χ0) is 5.98. The van der Waals surface area contributed by atoms with Gasteiger partial charge in [-0.1, -0.05) is 7.43 Å². The standard InChI is InChI=1S/C5H10N2O.CH4/c1-7-3-2-6-5(8)4-7;/h2-4H2,1H3,(H,6,8);1H4. The molecule has 0 bridgehead atoms. The molecule has 1 aliphatic heterocycles. The lowest BCUT2D eigenvalue weighted by Crippen LogP contribution is -2.45. The Balaban J connectivity index is 0.000000640. The zero-order valence-electron chi connectivity index (χ0n) is 4.98. The van der Waals surface area contributed by atoms with Crippen molar-refractivity contribution in [3.8, 4) is 0 Å². The van der Waals surface area contributed by atoms with E-state index < -0.39 is 0 Å². The van der Waals surface area contributed by atoms with Crippen LogP contribution in [0.25, 0.3) is 0 Å². The van der Waals surface area contributed by atoms with E-state index in [4.69, 9.17) is 0 Å². The summed E-state index contributed by atoms with van der Waals surface area (Å²) in [6, 6.07) is 0. The molecule has 0 unspecified atom stereocenters. The molecule has 1 N–H and O–H groups in total. The Kier molecular flexibility index (Phi) is 3.24. The van der Waals surface area contributed by atoms with Crippen LogP contribution in [0.4, 0.5) is 0 Å². The molecule has 0 radical (unpaired) electrons. The van der Waals surface area contributed by atoms with Gasteiger partial charge in [0.25, 0.3) is 0 Å². The highest BCUT2D eigenvalue weighted by Crippen LogP contribution is 1.85. The topological polar surface area (TPSA) is 32.3 Å². The Labute approximate surface area is 56.0 Å². The second kappa shape index (κ2) is 3.45. The van der Waals surface area contributed by atoms with E-state index in [9.17, 15) is 4.79 Å². The minimum Gasteiger partial charge on any atom is -0.354 e. The minimum absolute atomic E-state index is 0. The first-order valence-electron chi connectivity index (χ1n) is 2.74. The maximum absolute atomic E-state index is 10.5. The second-order valence-electron chi connectivity index (χ2n) is 2.09. The summed E-state index contributed by atoms with van der Waals surface area (Å²) in [4.78, 5) is 12.5. The highest BCUT2D eigenvalue weighted by atomic mass is 16.2. The third-order valence-electron chi connectivity index (χ3n) is 1.23. The van der Waals surface area contributed by atoms with Crippen LogP contribution in [-0.2, 0) is 4.79 Å². The lowest BCUT2D eigenvalue weighted by molar-refractivity contribution is -0.123. The van der Waals surface area contributed by atoms with E-state index >= 15 is 0 Å². The maximum atomic E-state index is 10.5. The van der Waals surface area contributed by atoms with Crippen LogP contribution in [0.3, 0.4) is 0 Å². The number of nitrogens with zero attached hydrogens (tertiary/aromatic N) is 1. The van der Waals surface area contributed by atoms with Crippen molar-refractivity contribution in [3.63, 3.8) is 0 Å². The van der Waals surface area contributed by atoms with E-state index in [1.807, 2.05) is 11.9 Å². The van der Waals surface area contributed by atoms with E-state index in [1.54, 1.807) is 0 Å². The van der Waals surface area contributed by atoms with Gasteiger partial charge in [0.1, 0.15) is 0 Å². The van der Waals surface area contributed by atoms with Crippen molar-refractivity contribution in [1.29, 1.82) is 0 Å². The fourth-order valence-corrected chi connectivity index (χ4v) is 0.766. The summed E-state index contributed by atoms with van der Waals surface area (Å²) in [6.45, 7) is 2.33. The number of carbonyl (C=O) groups is 1. The summed E-state index contributed by atoms with van der Waals surface area (Å²) < 4.78 is 0. The Morgan fingerprint density at radius 2 is 2.33 bits per heavy atom. The molecule has 1 amide bonds. The number of likely N-dealkylation sites (N-methyl/N-ethyl adjacent to an activating group) is 1. The smallest absolute Gasteiger partial charge is 0.234 e. The van der Waals surface area contributed by atoms with Gasteiger partial charge in [0.05, 0.1) is 6.54 Å². The average molecular weight is 130 g/mol. The van der Waals surface area contributed by atoms with E-state index in [2.05, 4.69) is 5.32 Å². The van der Waals surface area contributed by atoms with Gasteiger partial charge in [-0.2, -0.15) is 0 Å². The van der Waals surface area contributed by atoms with Crippen molar-refractivity contribution in [2.24, 2.45) is 0 Å². The van der Waals surface area contributed by atoms with Crippen LogP contribution < -0.4 is 5.32 Å². The molecule has 0 saturated carbocycles. The number of piperazine rings is 1. The molecule has 0 aliphatic carbocycles. The lowest BCUT2D eigenvalue weighted by Gasteiger charge is -2.21. The largest absolute Gasteiger partial charge is 0.354 e. The van der Waals surface area contributed by atoms with Crippen LogP contribution >= 0.6 is 0 Å². The van der Waals surface area contributed by atoms with E-state index in [1.165, 1.54) is 0 Å². The molecule has 3 heteroatoms. The highest BCUT2D eigenvalue weighted by Gasteiger charge is 2.10. The third kappa shape index (κ3) is 2.46. The Morgan fingerprint density at radius 1 is 1.67 bits per heavy atom. The summed E-state index contributed by atoms with van der Waals surface area (Å²) in [7, 11) is 1.94. The van der Waals surface area contributed by atoms with Crippen LogP contribution in [0.2, 0.25) is 0 Å². The molecule has 1 aliphatic rings. The van der Waals surface area contributed by atoms with Gasteiger partial charge in [0, 0.05) is 13.1 Å². The number of amides is 1. The van der Waals surface area contributed by atoms with Crippen LogP contribution in [0.5, 0.6) is 0 Å². The summed E-state index contributed by atoms with van der Waals surface area (Å²) in [5, 5.41) is 2.73. The fourth-order valence-electron chi connectivity index (χ4n) is 0.766. The fraction of sp³-hybridized carbons (Fsp3) is 0.833. The van der Waals surface area contributed by atoms with E-state index in [0.717, 1.165) is 13.1 Å². The molecule has 3 nitrogen and oxygen atoms in total. The second-order valence-corrected chi connectivity index (χ2v) is 2.09. The van der Waals surface area contributed by atoms with Crippen LogP contribution in [0, 0.1) is 0 Å². The predicted octanol–water partition coefficient (Wildman–Crippen LogP) is -0.316. The first kappa shape index (κ1) is 8.43. The molecule has 1 heterocycles. The van der Waals surface area contributed by atoms with Crippen molar-refractivity contribution < 1.29 is 4.79 Å². The SMILES string of the molecule is C.CN1CCNC(=O)C1. The number of nitrogens with one attached hydrogen (secondary N) is 1. The van der Waals surface area contributed by atoms with E-state index in [0.29, 0.717) is 6.54 Å². The number of carbonyl (C=O) groups excluding carboxylic acids is 1. The Morgan fingerprint density at radius 3 is 2.67 bits per heavy atom. The monoisotopic (exact) mass is 130 g/mol. The number of hydrogen-bond acceptors (Lipinski definition) is 2. The summed E-state index contributed by atoms with van der Waals surface area (Å²) in [6.07, 6.45) is 0. The molecule has 9 heavy (non-hydrogen) atoms. The minimum atomic E-state index is 0. The van der Waals surface area contributed by atoms with E-state index in [-0.39, 0.29) is 13.3 Å². The molecule has 54 valence electrons. The molecule has 0 aromatic heterocycles. The van der Waals surface area contributed by atoms with Crippen molar-refractivity contribution in [2.75, 3.05) is 26.7 Å². The molecule has 0 aromatic carbocycles. The summed E-state index contributed by atoms with van der Waals surface area (Å²) in [5.74, 6) is 0.138. The van der Waals surface area contributed by atoms with Crippen molar-refractivity contribution in [2.45, 2.75) is 7.43 Å². The van der Waals surface area contributed by atoms with Crippen LogP contribution in [0.1, 0.15) is 7.43 Å². The first-order chi connectivity index (χ1) is 3.79. The van der Waals surface area contributed by atoms with Gasteiger partial charge in [0.15, 0.2) is 0 Å². The van der Waals surface area contributed by atoms with Crippen molar-refractivity contribution >= 4 is 5.91 Å². The number of rotatable bonds is 0. The molecular formula is C6H14N2O. The molecule has 1 saturated heterocycles. The molecule has 1 rings (SSSR count). The van der Waals surface area contributed by atoms with Crippen LogP contribution in [-0.4, -0.2) is 37.5 Å². The van der Waals surface area contributed by atoms with Crippen LogP contribution in [0.15, 0.2) is 0 Å². The van der Waals surface area contributed by atoms with Gasteiger partial charge in [-0.15, -0.1) is 0 Å². The van der Waals surface area contributed by atoms with Crippen molar-refractivity contribution in [1.82, 2.24) is 10.2 Å². The Hall–Kier alpha value is -0.570. The van der Waals surface area contributed by atoms with Gasteiger partial charge in [-0.25, -0.2) is 0 Å². The third-order valence-corrected chi connectivity index (χ3v) is 1.23. The Bertz CT molecular complexity index is 103. The van der Waals surface area contributed by atoms with Gasteiger partial charge < -0.3 is 5.32 Å². The van der Waals surface area contributed by atoms with Gasteiger partial charge in [-0.3, -0.25) is 9.69 Å². The van der Waals surface area contributed by atoms with Gasteiger partial charge in [-0.05, 0) is 7.05 Å². The van der Waals surface area contributed by atoms with Gasteiger partial charge in [0.2, 0.25) is 5.91 Å². The molecule has 0 aromatic rings. The predicted molar refractivity (Wildman–Crippen MR) is 37.2 cm³/mol. The molecule has 0 spiro atoms. The average Bonchev–Trinajstić information content (AvgIpc) is 1.64. The van der Waals surface area contributed by atoms with Crippen molar-refractivity contribution in [3.05, 3.63) is 0 Å². The summed E-state index contributed by atoms with van der Waals surface area (Å²) >= 11 is 0. The molecular weight excluding hydrogens is 116 g/mol. The van der Waals surface area contributed by atoms with Gasteiger partial charge >= 0.3 is 0 Å². The zero-order valence-corrected chi connectivity index (χ0v) is 4.98. The number of hydrogen-bond donors (Lipinski definition) is 1. The highest BCUT2D eigenvalue weighted by molar-refractivity contribution is 5.78.